The molecule has 4 heteroatoms. The first-order chi connectivity index (χ1) is 10.8. The maximum absolute atomic E-state index is 12.5. The molecule has 0 spiro atoms. The zero-order valence-electron chi connectivity index (χ0n) is 13.0. The number of ether oxygens (including phenoxy) is 1. The topological polar surface area (TPSA) is 55.4 Å². The maximum Gasteiger partial charge on any atom is 0.345 e. The van der Waals surface area contributed by atoms with Gasteiger partial charge in [0.15, 0.2) is 0 Å². The monoisotopic (exact) mass is 301 g/mol. The Kier molecular flexibility index (Phi) is 3.55. The van der Waals surface area contributed by atoms with Gasteiger partial charge in [0.05, 0.1) is 11.1 Å². The third-order valence-electron chi connectivity index (χ3n) is 5.64. The fourth-order valence-electron chi connectivity index (χ4n) is 4.49. The predicted molar refractivity (Wildman–Crippen MR) is 81.4 cm³/mol. The maximum atomic E-state index is 12.5. The van der Waals surface area contributed by atoms with Crippen LogP contribution in [0.1, 0.15) is 64.2 Å². The number of allylic oxidation sites excluding steroid dienone is 2. The lowest BCUT2D eigenvalue weighted by Crippen LogP contribution is -2.25. The van der Waals surface area contributed by atoms with Gasteiger partial charge in [-0.05, 0) is 31.6 Å². The fraction of sp³-hybridized carbons (Fsp3) is 0.667. The summed E-state index contributed by atoms with van der Waals surface area (Å²) in [6.45, 7) is 0. The highest BCUT2D eigenvalue weighted by molar-refractivity contribution is 6.16. The number of hydrogen-bond donors (Lipinski definition) is 1. The van der Waals surface area contributed by atoms with Gasteiger partial charge in [-0.25, -0.2) is 4.79 Å². The first-order valence-corrected chi connectivity index (χ1v) is 8.78. The van der Waals surface area contributed by atoms with E-state index in [1.165, 1.54) is 25.7 Å². The van der Waals surface area contributed by atoms with Crippen LogP contribution in [0.25, 0.3) is 0 Å². The van der Waals surface area contributed by atoms with Crippen LogP contribution in [0.5, 0.6) is 0 Å². The average molecular weight is 301 g/mol. The van der Waals surface area contributed by atoms with E-state index in [4.69, 9.17) is 4.74 Å². The van der Waals surface area contributed by atoms with Crippen LogP contribution < -0.4 is 5.32 Å². The molecule has 0 unspecified atom stereocenters. The molecule has 0 saturated heterocycles. The normalized spacial score (nSPS) is 27.3. The summed E-state index contributed by atoms with van der Waals surface area (Å²) in [4.78, 5) is 24.9. The summed E-state index contributed by atoms with van der Waals surface area (Å²) in [6.07, 6.45) is 11.4. The Bertz CT molecular complexity index is 523. The largest absolute Gasteiger partial charge is 0.426 e. The van der Waals surface area contributed by atoms with Crippen molar-refractivity contribution in [3.05, 3.63) is 22.6 Å². The molecule has 22 heavy (non-hydrogen) atoms. The van der Waals surface area contributed by atoms with Crippen LogP contribution in [-0.2, 0) is 14.3 Å². The summed E-state index contributed by atoms with van der Waals surface area (Å²) in [5, 5.41) is 3.01. The fourth-order valence-corrected chi connectivity index (χ4v) is 4.49. The van der Waals surface area contributed by atoms with Crippen LogP contribution in [0, 0.1) is 11.8 Å². The molecule has 1 N–H and O–H groups in total. The number of cyclic esters (lactones) is 1. The zero-order chi connectivity index (χ0) is 15.1. The number of fused-ring (bicyclic) bond motifs is 1. The van der Waals surface area contributed by atoms with E-state index in [1.807, 2.05) is 0 Å². The smallest absolute Gasteiger partial charge is 0.345 e. The van der Waals surface area contributed by atoms with Gasteiger partial charge in [0.25, 0.3) is 5.91 Å². The summed E-state index contributed by atoms with van der Waals surface area (Å²) in [5.41, 5.74) is 1.99. The highest BCUT2D eigenvalue weighted by atomic mass is 16.5. The van der Waals surface area contributed by atoms with Crippen LogP contribution in [0.4, 0.5) is 0 Å². The minimum Gasteiger partial charge on any atom is -0.426 e. The summed E-state index contributed by atoms with van der Waals surface area (Å²) in [7, 11) is 0. The van der Waals surface area contributed by atoms with E-state index in [-0.39, 0.29) is 17.8 Å². The van der Waals surface area contributed by atoms with Gasteiger partial charge in [-0.15, -0.1) is 0 Å². The number of carbonyl (C=O) groups excluding carboxylic acids is 2. The van der Waals surface area contributed by atoms with Crippen LogP contribution in [0.3, 0.4) is 0 Å². The summed E-state index contributed by atoms with van der Waals surface area (Å²) < 4.78 is 5.58. The SMILES string of the molecule is O=C1NC(C2CCCCC2)=C2C(=O)OC(C3CCCCC3)=C12. The van der Waals surface area contributed by atoms with Gasteiger partial charge < -0.3 is 10.1 Å². The number of carbonyl (C=O) groups is 2. The van der Waals surface area contributed by atoms with E-state index < -0.39 is 0 Å². The van der Waals surface area contributed by atoms with Crippen molar-refractivity contribution in [3.63, 3.8) is 0 Å². The molecule has 0 atom stereocenters. The highest BCUT2D eigenvalue weighted by Crippen LogP contribution is 2.44. The van der Waals surface area contributed by atoms with Crippen LogP contribution >= 0.6 is 0 Å². The molecular formula is C18H23NO3. The quantitative estimate of drug-likeness (QED) is 0.796. The Hall–Kier alpha value is -1.58. The first-order valence-electron chi connectivity index (χ1n) is 8.78. The highest BCUT2D eigenvalue weighted by Gasteiger charge is 2.45. The second-order valence-electron chi connectivity index (χ2n) is 7.04. The number of nitrogens with one attached hydrogen (secondary N) is 1. The summed E-state index contributed by atoms with van der Waals surface area (Å²) in [5.74, 6) is 0.838. The Morgan fingerprint density at radius 3 is 2.00 bits per heavy atom. The van der Waals surface area contributed by atoms with Gasteiger partial charge in [-0.2, -0.15) is 0 Å². The van der Waals surface area contributed by atoms with Gasteiger partial charge in [0.1, 0.15) is 5.76 Å². The third kappa shape index (κ3) is 2.20. The Labute approximate surface area is 131 Å². The van der Waals surface area contributed by atoms with Gasteiger partial charge >= 0.3 is 5.97 Å². The summed E-state index contributed by atoms with van der Waals surface area (Å²) in [6, 6.07) is 0. The van der Waals surface area contributed by atoms with Crippen LogP contribution in [0.2, 0.25) is 0 Å². The van der Waals surface area contributed by atoms with E-state index in [9.17, 15) is 9.59 Å². The van der Waals surface area contributed by atoms with E-state index in [1.54, 1.807) is 0 Å². The van der Waals surface area contributed by atoms with Crippen molar-refractivity contribution in [3.8, 4) is 0 Å². The molecule has 4 rings (SSSR count). The Balaban J connectivity index is 1.70. The van der Waals surface area contributed by atoms with Crippen molar-refractivity contribution in [2.45, 2.75) is 64.2 Å². The van der Waals surface area contributed by atoms with Gasteiger partial charge in [0, 0.05) is 11.6 Å². The first kappa shape index (κ1) is 14.0. The second kappa shape index (κ2) is 5.56. The molecule has 2 aliphatic carbocycles. The number of hydrogen-bond acceptors (Lipinski definition) is 3. The number of esters is 1. The predicted octanol–water partition coefficient (Wildman–Crippen LogP) is 3.34. The Morgan fingerprint density at radius 2 is 1.36 bits per heavy atom. The van der Waals surface area contributed by atoms with Gasteiger partial charge in [-0.3, -0.25) is 4.79 Å². The lowest BCUT2D eigenvalue weighted by molar-refractivity contribution is -0.134. The van der Waals surface area contributed by atoms with Crippen molar-refractivity contribution >= 4 is 11.9 Å². The molecule has 118 valence electrons. The molecule has 2 heterocycles. The minimum absolute atomic E-state index is 0.109. The minimum atomic E-state index is -0.297. The van der Waals surface area contributed by atoms with Gasteiger partial charge in [0.2, 0.25) is 0 Å². The lowest BCUT2D eigenvalue weighted by atomic mass is 9.84. The molecule has 0 bridgehead atoms. The zero-order valence-corrected chi connectivity index (χ0v) is 13.0. The van der Waals surface area contributed by atoms with Crippen molar-refractivity contribution in [2.24, 2.45) is 11.8 Å². The van der Waals surface area contributed by atoms with Gasteiger partial charge in [-0.1, -0.05) is 38.5 Å². The molecular weight excluding hydrogens is 278 g/mol. The van der Waals surface area contributed by atoms with Crippen molar-refractivity contribution in [1.82, 2.24) is 5.32 Å². The second-order valence-corrected chi connectivity index (χ2v) is 7.04. The molecule has 4 aliphatic rings. The van der Waals surface area contributed by atoms with E-state index in [2.05, 4.69) is 5.32 Å². The summed E-state index contributed by atoms with van der Waals surface area (Å²) >= 11 is 0. The molecule has 0 radical (unpaired) electrons. The molecule has 0 aromatic carbocycles. The average Bonchev–Trinajstić information content (AvgIpc) is 3.09. The van der Waals surface area contributed by atoms with Crippen molar-refractivity contribution in [1.29, 1.82) is 0 Å². The molecule has 2 aliphatic heterocycles. The Morgan fingerprint density at radius 1 is 0.773 bits per heavy atom. The standard InChI is InChI=1S/C18H23NO3/c20-17-14-13(15(19-17)11-7-3-1-4-8-11)18(21)22-16(14)12-9-5-2-6-10-12/h11-12H,1-10H2,(H,19,20). The molecule has 2 saturated carbocycles. The van der Waals surface area contributed by atoms with Crippen molar-refractivity contribution < 1.29 is 14.3 Å². The molecule has 4 nitrogen and oxygen atoms in total. The third-order valence-corrected chi connectivity index (χ3v) is 5.64. The molecule has 2 fully saturated rings. The molecule has 0 aromatic heterocycles. The van der Waals surface area contributed by atoms with E-state index in [0.717, 1.165) is 44.2 Å². The number of rotatable bonds is 2. The lowest BCUT2D eigenvalue weighted by Gasteiger charge is -2.23. The van der Waals surface area contributed by atoms with E-state index in [0.29, 0.717) is 22.8 Å². The van der Waals surface area contributed by atoms with Crippen LogP contribution in [0.15, 0.2) is 22.6 Å². The van der Waals surface area contributed by atoms with Crippen LogP contribution in [-0.4, -0.2) is 11.9 Å². The molecule has 0 aromatic rings. The van der Waals surface area contributed by atoms with Crippen molar-refractivity contribution in [2.75, 3.05) is 0 Å². The van der Waals surface area contributed by atoms with E-state index >= 15 is 0 Å². The number of amides is 1. The molecule has 1 amide bonds.